The molecule has 1 unspecified atom stereocenters. The number of halogens is 2. The van der Waals surface area contributed by atoms with Crippen LogP contribution in [0.1, 0.15) is 16.7 Å². The van der Waals surface area contributed by atoms with Crippen LogP contribution >= 0.6 is 11.6 Å². The molecule has 1 saturated heterocycles. The van der Waals surface area contributed by atoms with E-state index in [0.29, 0.717) is 42.4 Å². The van der Waals surface area contributed by atoms with Crippen molar-refractivity contribution in [3.8, 4) is 6.19 Å². The first-order valence-corrected chi connectivity index (χ1v) is 11.4. The minimum Gasteiger partial charge on any atom is -0.330 e. The minimum absolute atomic E-state index is 0.0126. The Kier molecular flexibility index (Phi) is 7.40. The molecular weight excluding hydrogens is 457 g/mol. The first-order valence-electron chi connectivity index (χ1n) is 11.0. The lowest BCUT2D eigenvalue weighted by molar-refractivity contribution is -0.132. The molecule has 0 saturated carbocycles. The van der Waals surface area contributed by atoms with Gasteiger partial charge < -0.3 is 10.2 Å². The predicted octanol–water partition coefficient (Wildman–Crippen LogP) is 2.28. The summed E-state index contributed by atoms with van der Waals surface area (Å²) in [6.07, 6.45) is 2.29. The smallest absolute Gasteiger partial charge is 0.237 e. The van der Waals surface area contributed by atoms with Gasteiger partial charge in [-0.2, -0.15) is 10.4 Å². The molecular formula is C24H25ClFN7O. The molecule has 2 aromatic carbocycles. The molecule has 0 aliphatic carbocycles. The van der Waals surface area contributed by atoms with Gasteiger partial charge in [0, 0.05) is 30.2 Å². The molecule has 34 heavy (non-hydrogen) atoms. The van der Waals surface area contributed by atoms with E-state index >= 15 is 0 Å². The molecule has 10 heteroatoms. The van der Waals surface area contributed by atoms with E-state index in [9.17, 15) is 14.4 Å². The van der Waals surface area contributed by atoms with Gasteiger partial charge in [0.2, 0.25) is 11.9 Å². The van der Waals surface area contributed by atoms with Crippen LogP contribution in [0, 0.1) is 24.2 Å². The fraction of sp³-hybridized carbons (Fsp3) is 0.333. The molecule has 2 heterocycles. The second-order valence-corrected chi connectivity index (χ2v) is 8.58. The largest absolute Gasteiger partial charge is 0.330 e. The van der Waals surface area contributed by atoms with Crippen molar-refractivity contribution in [1.29, 1.82) is 5.26 Å². The second kappa shape index (κ2) is 10.6. The van der Waals surface area contributed by atoms with Gasteiger partial charge in [0.25, 0.3) is 0 Å². The van der Waals surface area contributed by atoms with Crippen molar-refractivity contribution in [3.63, 3.8) is 0 Å². The van der Waals surface area contributed by atoms with Crippen LogP contribution in [-0.2, 0) is 11.2 Å². The number of guanidine groups is 1. The minimum atomic E-state index is -0.310. The Labute approximate surface area is 202 Å². The molecule has 1 atom stereocenters. The molecule has 4 rings (SSSR count). The molecule has 2 aromatic rings. The first kappa shape index (κ1) is 23.7. The normalized spacial score (nSPS) is 18.6. The summed E-state index contributed by atoms with van der Waals surface area (Å²) in [5, 5.41) is 21.9. The summed E-state index contributed by atoms with van der Waals surface area (Å²) in [7, 11) is 0. The van der Waals surface area contributed by atoms with E-state index in [0.717, 1.165) is 11.1 Å². The van der Waals surface area contributed by atoms with Crippen molar-refractivity contribution in [2.45, 2.75) is 19.4 Å². The van der Waals surface area contributed by atoms with Gasteiger partial charge in [0.05, 0.1) is 24.8 Å². The molecule has 0 aromatic heterocycles. The molecule has 2 aliphatic heterocycles. The van der Waals surface area contributed by atoms with Gasteiger partial charge >= 0.3 is 0 Å². The van der Waals surface area contributed by atoms with Crippen molar-refractivity contribution in [2.75, 3.05) is 32.7 Å². The number of amides is 1. The number of aryl methyl sites for hydroxylation is 1. The lowest BCUT2D eigenvalue weighted by Gasteiger charge is -2.33. The molecule has 2 aliphatic rings. The van der Waals surface area contributed by atoms with Crippen LogP contribution in [-0.4, -0.2) is 66.3 Å². The van der Waals surface area contributed by atoms with Crippen LogP contribution in [0.4, 0.5) is 4.39 Å². The summed E-state index contributed by atoms with van der Waals surface area (Å²) in [5.41, 5.74) is 3.07. The average molecular weight is 482 g/mol. The number of aliphatic imine (C=N–C) groups is 1. The highest BCUT2D eigenvalue weighted by Crippen LogP contribution is 2.22. The van der Waals surface area contributed by atoms with Crippen molar-refractivity contribution in [2.24, 2.45) is 10.1 Å². The van der Waals surface area contributed by atoms with E-state index in [1.807, 2.05) is 25.2 Å². The highest BCUT2D eigenvalue weighted by atomic mass is 35.5. The summed E-state index contributed by atoms with van der Waals surface area (Å²) < 4.78 is 14.1. The third kappa shape index (κ3) is 5.35. The number of benzene rings is 2. The van der Waals surface area contributed by atoms with Gasteiger partial charge in [0.15, 0.2) is 6.19 Å². The number of carbonyl (C=O) groups excluding carboxylic acids is 1. The number of nitrogens with zero attached hydrogens (tertiary/aromatic N) is 5. The van der Waals surface area contributed by atoms with Crippen LogP contribution in [0.25, 0.3) is 0 Å². The zero-order valence-electron chi connectivity index (χ0n) is 18.8. The van der Waals surface area contributed by atoms with Crippen molar-refractivity contribution < 1.29 is 9.18 Å². The van der Waals surface area contributed by atoms with Crippen LogP contribution < -0.4 is 10.6 Å². The Balaban J connectivity index is 1.60. The molecule has 2 N–H and O–H groups in total. The van der Waals surface area contributed by atoms with Crippen LogP contribution in [0.5, 0.6) is 0 Å². The Morgan fingerprint density at radius 1 is 1.35 bits per heavy atom. The van der Waals surface area contributed by atoms with E-state index in [4.69, 9.17) is 16.7 Å². The summed E-state index contributed by atoms with van der Waals surface area (Å²) in [5.74, 6) is -0.0365. The highest BCUT2D eigenvalue weighted by Gasteiger charge is 2.37. The van der Waals surface area contributed by atoms with E-state index in [-0.39, 0.29) is 36.8 Å². The number of hydrogen-bond acceptors (Lipinski definition) is 5. The topological polar surface area (TPSA) is 96.1 Å². The molecule has 0 spiro atoms. The van der Waals surface area contributed by atoms with Gasteiger partial charge in [0.1, 0.15) is 5.82 Å². The molecule has 1 amide bonds. The number of hydrazone groups is 1. The Morgan fingerprint density at radius 2 is 2.15 bits per heavy atom. The van der Waals surface area contributed by atoms with Gasteiger partial charge in [-0.1, -0.05) is 41.4 Å². The highest BCUT2D eigenvalue weighted by molar-refractivity contribution is 6.30. The van der Waals surface area contributed by atoms with E-state index in [1.54, 1.807) is 34.2 Å². The number of piperazine rings is 1. The van der Waals surface area contributed by atoms with Crippen LogP contribution in [0.2, 0.25) is 5.02 Å². The lowest BCUT2D eigenvalue weighted by Crippen LogP contribution is -2.56. The third-order valence-electron chi connectivity index (χ3n) is 5.79. The van der Waals surface area contributed by atoms with E-state index in [2.05, 4.69) is 15.6 Å². The van der Waals surface area contributed by atoms with Gasteiger partial charge in [-0.3, -0.25) is 15.1 Å². The van der Waals surface area contributed by atoms with Gasteiger partial charge in [-0.05, 0) is 37.1 Å². The monoisotopic (exact) mass is 481 g/mol. The summed E-state index contributed by atoms with van der Waals surface area (Å²) in [4.78, 5) is 18.9. The van der Waals surface area contributed by atoms with Crippen LogP contribution in [0.3, 0.4) is 0 Å². The Hall–Kier alpha value is -3.48. The summed E-state index contributed by atoms with van der Waals surface area (Å²) in [6, 6.07) is 11.9. The van der Waals surface area contributed by atoms with Crippen molar-refractivity contribution in [3.05, 3.63) is 70.0 Å². The summed E-state index contributed by atoms with van der Waals surface area (Å²) >= 11 is 6.06. The fourth-order valence-electron chi connectivity index (χ4n) is 4.10. The second-order valence-electron chi connectivity index (χ2n) is 8.14. The number of carbonyl (C=O) groups is 1. The Bertz CT molecular complexity index is 1160. The van der Waals surface area contributed by atoms with Crippen LogP contribution in [0.15, 0.2) is 52.6 Å². The lowest BCUT2D eigenvalue weighted by atomic mass is 10.0. The van der Waals surface area contributed by atoms with E-state index < -0.39 is 0 Å². The summed E-state index contributed by atoms with van der Waals surface area (Å²) in [6.45, 7) is 4.03. The Morgan fingerprint density at radius 3 is 2.88 bits per heavy atom. The fourth-order valence-corrected chi connectivity index (χ4v) is 4.23. The molecule has 0 bridgehead atoms. The SMILES string of the molecule is Cc1ccc(F)c(CCN=C(NC#N)N2CC(N3CCNCC3=O)C(c3ccc(Cl)cc3)=N2)c1. The first-order chi connectivity index (χ1) is 16.5. The quantitative estimate of drug-likeness (QED) is 0.295. The zero-order chi connectivity index (χ0) is 24.1. The standard InChI is InChI=1S/C24H25ClFN7O/c1-16-2-7-20(26)18(12-16)8-9-29-24(30-15-27)33-14-21(32-11-10-28-13-22(32)34)23(31-33)17-3-5-19(25)6-4-17/h2-7,12,21,28H,8-11,13-14H2,1H3,(H,29,30). The maximum Gasteiger partial charge on any atom is 0.237 e. The predicted molar refractivity (Wildman–Crippen MR) is 129 cm³/mol. The maximum absolute atomic E-state index is 14.1. The van der Waals surface area contributed by atoms with Crippen molar-refractivity contribution >= 4 is 29.2 Å². The maximum atomic E-state index is 14.1. The molecule has 8 nitrogen and oxygen atoms in total. The van der Waals surface area contributed by atoms with Gasteiger partial charge in [-0.15, -0.1) is 0 Å². The van der Waals surface area contributed by atoms with Gasteiger partial charge in [-0.25, -0.2) is 9.40 Å². The molecule has 1 fully saturated rings. The number of rotatable bonds is 5. The molecule has 0 radical (unpaired) electrons. The number of nitrogens with one attached hydrogen (secondary N) is 2. The van der Waals surface area contributed by atoms with Crippen molar-refractivity contribution in [1.82, 2.24) is 20.5 Å². The average Bonchev–Trinajstić information content (AvgIpc) is 3.26. The zero-order valence-corrected chi connectivity index (χ0v) is 19.5. The third-order valence-corrected chi connectivity index (χ3v) is 6.04. The number of hydrogen-bond donors (Lipinski definition) is 2. The molecule has 176 valence electrons. The van der Waals surface area contributed by atoms with E-state index in [1.165, 1.54) is 6.07 Å². The number of nitriles is 1.